The van der Waals surface area contributed by atoms with Gasteiger partial charge in [0.1, 0.15) is 12.1 Å². The topological polar surface area (TPSA) is 81.5 Å². The van der Waals surface area contributed by atoms with Gasteiger partial charge in [-0.1, -0.05) is 30.3 Å². The largest absolute Gasteiger partial charge is 0.508 e. The molecule has 0 saturated carbocycles. The van der Waals surface area contributed by atoms with Crippen molar-refractivity contribution in [2.75, 3.05) is 18.5 Å². The molecule has 0 spiro atoms. The Balaban J connectivity index is 0.00000245. The third kappa shape index (κ3) is 4.71. The SMILES string of the molecule is Cl.OCC1CCCN1Cc1ccc(-c2cc3ncnc(Nc4cccc(O)c4)c3s2)cc1. The smallest absolute Gasteiger partial charge is 0.151 e. The molecular weight excluding hydrogens is 444 g/mol. The number of fused-ring (bicyclic) bond motifs is 1. The predicted molar refractivity (Wildman–Crippen MR) is 132 cm³/mol. The van der Waals surface area contributed by atoms with Crippen LogP contribution in [-0.4, -0.2) is 44.3 Å². The van der Waals surface area contributed by atoms with Crippen molar-refractivity contribution >= 4 is 45.5 Å². The molecule has 1 atom stereocenters. The minimum atomic E-state index is 0. The van der Waals surface area contributed by atoms with E-state index < -0.39 is 0 Å². The number of hydrogen-bond donors (Lipinski definition) is 3. The molecule has 1 unspecified atom stereocenters. The van der Waals surface area contributed by atoms with E-state index in [1.165, 1.54) is 5.56 Å². The van der Waals surface area contributed by atoms with Gasteiger partial charge in [-0.2, -0.15) is 0 Å². The molecule has 4 aromatic rings. The Morgan fingerprint density at radius 1 is 1.09 bits per heavy atom. The number of anilines is 2. The number of phenols is 1. The number of aromatic hydroxyl groups is 1. The lowest BCUT2D eigenvalue weighted by atomic mass is 10.1. The van der Waals surface area contributed by atoms with Gasteiger partial charge in [0.25, 0.3) is 0 Å². The number of halogens is 1. The number of hydrogen-bond acceptors (Lipinski definition) is 7. The van der Waals surface area contributed by atoms with Crippen LogP contribution in [0, 0.1) is 0 Å². The van der Waals surface area contributed by atoms with E-state index in [0.717, 1.165) is 58.1 Å². The van der Waals surface area contributed by atoms with Gasteiger partial charge in [-0.05, 0) is 48.7 Å². The van der Waals surface area contributed by atoms with Crippen LogP contribution in [0.15, 0.2) is 60.9 Å². The predicted octanol–water partition coefficient (Wildman–Crippen LogP) is 5.19. The van der Waals surface area contributed by atoms with Gasteiger partial charge in [0.05, 0.1) is 16.8 Å². The second kappa shape index (κ2) is 9.83. The van der Waals surface area contributed by atoms with Gasteiger partial charge in [-0.15, -0.1) is 23.7 Å². The Hall–Kier alpha value is -2.71. The monoisotopic (exact) mass is 468 g/mol. The number of rotatable bonds is 6. The van der Waals surface area contributed by atoms with Crippen LogP contribution in [0.3, 0.4) is 0 Å². The lowest BCUT2D eigenvalue weighted by Gasteiger charge is -2.22. The lowest BCUT2D eigenvalue weighted by Crippen LogP contribution is -2.31. The van der Waals surface area contributed by atoms with Crippen LogP contribution in [0.5, 0.6) is 5.75 Å². The molecule has 8 heteroatoms. The maximum absolute atomic E-state index is 9.71. The van der Waals surface area contributed by atoms with Crippen molar-refractivity contribution in [3.63, 3.8) is 0 Å². The molecule has 2 aromatic carbocycles. The number of aliphatic hydroxyl groups is 1. The van der Waals surface area contributed by atoms with Crippen molar-refractivity contribution in [1.82, 2.24) is 14.9 Å². The van der Waals surface area contributed by atoms with E-state index in [1.54, 1.807) is 35.9 Å². The molecule has 0 bridgehead atoms. The van der Waals surface area contributed by atoms with Gasteiger partial charge >= 0.3 is 0 Å². The molecule has 1 aliphatic rings. The summed E-state index contributed by atoms with van der Waals surface area (Å²) in [4.78, 5) is 12.3. The van der Waals surface area contributed by atoms with Crippen LogP contribution >= 0.6 is 23.7 Å². The molecular formula is C24H25ClN4O2S. The number of aromatic nitrogens is 2. The minimum Gasteiger partial charge on any atom is -0.508 e. The normalized spacial score (nSPS) is 16.2. The number of phenolic OH excluding ortho intramolecular Hbond substituents is 1. The highest BCUT2D eigenvalue weighted by Crippen LogP contribution is 2.37. The first kappa shape index (κ1) is 22.5. The van der Waals surface area contributed by atoms with Crippen LogP contribution in [-0.2, 0) is 6.54 Å². The van der Waals surface area contributed by atoms with Crippen molar-refractivity contribution in [2.24, 2.45) is 0 Å². The second-order valence-corrected chi connectivity index (χ2v) is 8.92. The van der Waals surface area contributed by atoms with E-state index in [-0.39, 0.29) is 24.8 Å². The summed E-state index contributed by atoms with van der Waals surface area (Å²) in [5.41, 5.74) is 4.08. The number of thiophene rings is 1. The third-order valence-electron chi connectivity index (χ3n) is 5.75. The molecule has 6 nitrogen and oxygen atoms in total. The van der Waals surface area contributed by atoms with Crippen molar-refractivity contribution in [2.45, 2.75) is 25.4 Å². The molecule has 166 valence electrons. The van der Waals surface area contributed by atoms with Crippen LogP contribution < -0.4 is 5.32 Å². The van der Waals surface area contributed by atoms with Gasteiger partial charge < -0.3 is 15.5 Å². The van der Waals surface area contributed by atoms with Crippen LogP contribution in [0.1, 0.15) is 18.4 Å². The quantitative estimate of drug-likeness (QED) is 0.361. The van der Waals surface area contributed by atoms with Gasteiger partial charge in [-0.3, -0.25) is 4.90 Å². The molecule has 0 aliphatic carbocycles. The highest BCUT2D eigenvalue weighted by atomic mass is 35.5. The van der Waals surface area contributed by atoms with Gasteiger partial charge in [-0.25, -0.2) is 9.97 Å². The molecule has 1 fully saturated rings. The molecule has 0 radical (unpaired) electrons. The first-order valence-electron chi connectivity index (χ1n) is 10.4. The first-order chi connectivity index (χ1) is 15.2. The minimum absolute atomic E-state index is 0. The number of aliphatic hydroxyl groups excluding tert-OH is 1. The molecule has 2 aromatic heterocycles. The second-order valence-electron chi connectivity index (χ2n) is 7.87. The van der Waals surface area contributed by atoms with E-state index >= 15 is 0 Å². The van der Waals surface area contributed by atoms with E-state index in [9.17, 15) is 10.2 Å². The third-order valence-corrected chi connectivity index (χ3v) is 6.93. The number of likely N-dealkylation sites (tertiary alicyclic amines) is 1. The fourth-order valence-corrected chi connectivity index (χ4v) is 5.19. The highest BCUT2D eigenvalue weighted by Gasteiger charge is 2.23. The summed E-state index contributed by atoms with van der Waals surface area (Å²) < 4.78 is 0.979. The molecule has 32 heavy (non-hydrogen) atoms. The summed E-state index contributed by atoms with van der Waals surface area (Å²) >= 11 is 1.65. The molecule has 5 rings (SSSR count). The fourth-order valence-electron chi connectivity index (χ4n) is 4.13. The Morgan fingerprint density at radius 2 is 1.94 bits per heavy atom. The van der Waals surface area contributed by atoms with E-state index in [0.29, 0.717) is 6.04 Å². The Bertz CT molecular complexity index is 1200. The standard InChI is InChI=1S/C24H24N4O2S.ClH/c29-14-19-4-2-10-28(19)13-16-6-8-17(9-7-16)22-12-21-23(31-22)24(26-15-25-21)27-18-3-1-5-20(30)11-18;/h1,3,5-9,11-12,15,19,29-30H,2,4,10,13-14H2,(H,25,26,27);1H. The Labute approximate surface area is 197 Å². The molecule has 1 aliphatic heterocycles. The summed E-state index contributed by atoms with van der Waals surface area (Å²) in [6.45, 7) is 2.16. The van der Waals surface area contributed by atoms with Crippen molar-refractivity contribution in [3.05, 3.63) is 66.5 Å². The zero-order valence-electron chi connectivity index (χ0n) is 17.4. The highest BCUT2D eigenvalue weighted by molar-refractivity contribution is 7.22. The molecule has 0 amide bonds. The van der Waals surface area contributed by atoms with E-state index in [4.69, 9.17) is 0 Å². The Kier molecular flexibility index (Phi) is 6.91. The summed E-state index contributed by atoms with van der Waals surface area (Å²) in [6.07, 6.45) is 3.79. The maximum atomic E-state index is 9.71. The molecule has 1 saturated heterocycles. The van der Waals surface area contributed by atoms with Gasteiger partial charge in [0.2, 0.25) is 0 Å². The van der Waals surface area contributed by atoms with Crippen molar-refractivity contribution < 1.29 is 10.2 Å². The van der Waals surface area contributed by atoms with Crippen LogP contribution in [0.25, 0.3) is 20.7 Å². The Morgan fingerprint density at radius 3 is 2.72 bits per heavy atom. The fraction of sp³-hybridized carbons (Fsp3) is 0.250. The van der Waals surface area contributed by atoms with E-state index in [2.05, 4.69) is 50.5 Å². The summed E-state index contributed by atoms with van der Waals surface area (Å²) in [7, 11) is 0. The zero-order chi connectivity index (χ0) is 21.2. The lowest BCUT2D eigenvalue weighted by molar-refractivity contribution is 0.153. The summed E-state index contributed by atoms with van der Waals surface area (Å²) in [5, 5.41) is 22.5. The first-order valence-corrected chi connectivity index (χ1v) is 11.3. The molecule has 3 heterocycles. The van der Waals surface area contributed by atoms with Crippen LogP contribution in [0.2, 0.25) is 0 Å². The number of nitrogens with zero attached hydrogens (tertiary/aromatic N) is 3. The number of nitrogens with one attached hydrogen (secondary N) is 1. The average molecular weight is 469 g/mol. The van der Waals surface area contributed by atoms with E-state index in [1.807, 2.05) is 6.07 Å². The van der Waals surface area contributed by atoms with Crippen molar-refractivity contribution in [1.29, 1.82) is 0 Å². The number of benzene rings is 2. The van der Waals surface area contributed by atoms with Gasteiger partial charge in [0.15, 0.2) is 5.82 Å². The zero-order valence-corrected chi connectivity index (χ0v) is 19.1. The van der Waals surface area contributed by atoms with Gasteiger partial charge in [0, 0.05) is 29.2 Å². The van der Waals surface area contributed by atoms with Crippen molar-refractivity contribution in [3.8, 4) is 16.2 Å². The summed E-state index contributed by atoms with van der Waals surface area (Å²) in [6, 6.07) is 18.0. The maximum Gasteiger partial charge on any atom is 0.151 e. The molecule has 3 N–H and O–H groups in total. The van der Waals surface area contributed by atoms with Crippen LogP contribution in [0.4, 0.5) is 11.5 Å². The summed E-state index contributed by atoms with van der Waals surface area (Å²) in [5.74, 6) is 0.939. The average Bonchev–Trinajstić information content (AvgIpc) is 3.41.